The van der Waals surface area contributed by atoms with Crippen LogP contribution in [0.5, 0.6) is 0 Å². The largest absolute Gasteiger partial charge is 0.480 e. The van der Waals surface area contributed by atoms with Gasteiger partial charge in [0.2, 0.25) is 5.91 Å². The molecular formula is C10H16BrNO3. The number of carboxylic acid groups (broad SMARTS) is 1. The highest BCUT2D eigenvalue weighted by Crippen LogP contribution is 2.23. The molecule has 0 spiro atoms. The first kappa shape index (κ1) is 12.5. The van der Waals surface area contributed by atoms with E-state index < -0.39 is 12.0 Å². The van der Waals surface area contributed by atoms with Crippen LogP contribution in [0.2, 0.25) is 0 Å². The third-order valence-electron chi connectivity index (χ3n) is 2.47. The summed E-state index contributed by atoms with van der Waals surface area (Å²) < 4.78 is 0. The summed E-state index contributed by atoms with van der Waals surface area (Å²) in [5, 5.41) is 9.08. The second-order valence-electron chi connectivity index (χ2n) is 4.33. The Labute approximate surface area is 97.8 Å². The van der Waals surface area contributed by atoms with Crippen LogP contribution in [0.3, 0.4) is 0 Å². The lowest BCUT2D eigenvalue weighted by atomic mass is 10.0. The maximum atomic E-state index is 11.5. The minimum absolute atomic E-state index is 0.0649. The zero-order valence-electron chi connectivity index (χ0n) is 8.94. The zero-order valence-corrected chi connectivity index (χ0v) is 10.5. The second kappa shape index (κ2) is 4.96. The van der Waals surface area contributed by atoms with Gasteiger partial charge in [0.05, 0.1) is 0 Å². The Balaban J connectivity index is 2.72. The highest BCUT2D eigenvalue weighted by Gasteiger charge is 2.36. The molecule has 1 rings (SSSR count). The van der Waals surface area contributed by atoms with Crippen molar-refractivity contribution in [2.45, 2.75) is 37.6 Å². The number of halogens is 1. The van der Waals surface area contributed by atoms with Crippen LogP contribution in [0.25, 0.3) is 0 Å². The molecule has 0 aliphatic carbocycles. The Morgan fingerprint density at radius 2 is 2.27 bits per heavy atom. The van der Waals surface area contributed by atoms with Crippen molar-refractivity contribution in [3.8, 4) is 0 Å². The molecule has 1 aliphatic heterocycles. The van der Waals surface area contributed by atoms with Crippen LogP contribution in [0.15, 0.2) is 0 Å². The third kappa shape index (κ3) is 3.19. The molecule has 1 fully saturated rings. The maximum Gasteiger partial charge on any atom is 0.326 e. The summed E-state index contributed by atoms with van der Waals surface area (Å²) in [6.45, 7) is 4.42. The molecule has 0 saturated carbocycles. The minimum atomic E-state index is -0.904. The van der Waals surface area contributed by atoms with Crippen LogP contribution in [0, 0.1) is 5.92 Å². The van der Waals surface area contributed by atoms with Crippen molar-refractivity contribution in [3.63, 3.8) is 0 Å². The molecule has 15 heavy (non-hydrogen) atoms. The molecular weight excluding hydrogens is 262 g/mol. The van der Waals surface area contributed by atoms with Gasteiger partial charge in [-0.1, -0.05) is 29.8 Å². The van der Waals surface area contributed by atoms with E-state index >= 15 is 0 Å². The third-order valence-corrected chi connectivity index (χ3v) is 3.08. The quantitative estimate of drug-likeness (QED) is 0.792. The molecule has 0 aromatic rings. The van der Waals surface area contributed by atoms with Gasteiger partial charge >= 0.3 is 5.97 Å². The average molecular weight is 278 g/mol. The lowest BCUT2D eigenvalue weighted by Crippen LogP contribution is -2.43. The minimum Gasteiger partial charge on any atom is -0.480 e. The number of alkyl halides is 1. The Bertz CT molecular complexity index is 267. The molecule has 1 amide bonds. The SMILES string of the molecule is CC(C)C[C@@H](C(=O)O)N1CC(Br)CC1=O. The smallest absolute Gasteiger partial charge is 0.326 e. The fourth-order valence-corrected chi connectivity index (χ4v) is 2.38. The fraction of sp³-hybridized carbons (Fsp3) is 0.800. The van der Waals surface area contributed by atoms with Gasteiger partial charge in [-0.05, 0) is 12.3 Å². The molecule has 2 atom stereocenters. The van der Waals surface area contributed by atoms with Crippen molar-refractivity contribution >= 4 is 27.8 Å². The van der Waals surface area contributed by atoms with E-state index in [2.05, 4.69) is 15.9 Å². The van der Waals surface area contributed by atoms with E-state index in [9.17, 15) is 9.59 Å². The lowest BCUT2D eigenvalue weighted by molar-refractivity contribution is -0.149. The molecule has 86 valence electrons. The van der Waals surface area contributed by atoms with Crippen molar-refractivity contribution in [2.24, 2.45) is 5.92 Å². The number of carbonyl (C=O) groups excluding carboxylic acids is 1. The Morgan fingerprint density at radius 3 is 2.60 bits per heavy atom. The molecule has 4 nitrogen and oxygen atoms in total. The van der Waals surface area contributed by atoms with Gasteiger partial charge in [-0.3, -0.25) is 4.79 Å². The highest BCUT2D eigenvalue weighted by molar-refractivity contribution is 9.09. The summed E-state index contributed by atoms with van der Waals surface area (Å²) in [4.78, 5) is 24.2. The normalized spacial score (nSPS) is 23.6. The van der Waals surface area contributed by atoms with Crippen LogP contribution in [-0.4, -0.2) is 39.3 Å². The molecule has 1 aliphatic rings. The average Bonchev–Trinajstić information content (AvgIpc) is 2.40. The van der Waals surface area contributed by atoms with Crippen molar-refractivity contribution in [3.05, 3.63) is 0 Å². The van der Waals surface area contributed by atoms with Gasteiger partial charge in [0.25, 0.3) is 0 Å². The van der Waals surface area contributed by atoms with E-state index in [1.54, 1.807) is 0 Å². The van der Waals surface area contributed by atoms with E-state index in [0.717, 1.165) is 0 Å². The van der Waals surface area contributed by atoms with Gasteiger partial charge in [0.1, 0.15) is 6.04 Å². The first-order chi connectivity index (χ1) is 6.91. The van der Waals surface area contributed by atoms with Gasteiger partial charge in [0, 0.05) is 17.8 Å². The summed E-state index contributed by atoms with van der Waals surface area (Å²) in [5.41, 5.74) is 0. The number of hydrogen-bond donors (Lipinski definition) is 1. The van der Waals surface area contributed by atoms with Gasteiger partial charge in [-0.15, -0.1) is 0 Å². The van der Waals surface area contributed by atoms with Crippen molar-refractivity contribution in [2.75, 3.05) is 6.54 Å². The summed E-state index contributed by atoms with van der Waals surface area (Å²) in [6.07, 6.45) is 0.919. The summed E-state index contributed by atoms with van der Waals surface area (Å²) in [5.74, 6) is -0.697. The lowest BCUT2D eigenvalue weighted by Gasteiger charge is -2.25. The number of rotatable bonds is 4. The summed E-state index contributed by atoms with van der Waals surface area (Å²) >= 11 is 3.35. The molecule has 5 heteroatoms. The Morgan fingerprint density at radius 1 is 1.67 bits per heavy atom. The Hall–Kier alpha value is -0.580. The molecule has 0 radical (unpaired) electrons. The number of carbonyl (C=O) groups is 2. The number of nitrogens with zero attached hydrogens (tertiary/aromatic N) is 1. The summed E-state index contributed by atoms with van der Waals surface area (Å²) in [6, 6.07) is -0.667. The van der Waals surface area contributed by atoms with E-state index in [-0.39, 0.29) is 16.7 Å². The number of aliphatic carboxylic acids is 1. The van der Waals surface area contributed by atoms with Gasteiger partial charge in [-0.25, -0.2) is 4.79 Å². The van der Waals surface area contributed by atoms with Crippen LogP contribution in [-0.2, 0) is 9.59 Å². The molecule has 1 N–H and O–H groups in total. The molecule has 0 bridgehead atoms. The number of amides is 1. The maximum absolute atomic E-state index is 11.5. The monoisotopic (exact) mass is 277 g/mol. The molecule has 1 unspecified atom stereocenters. The first-order valence-electron chi connectivity index (χ1n) is 5.08. The van der Waals surface area contributed by atoms with E-state index in [1.807, 2.05) is 13.8 Å². The van der Waals surface area contributed by atoms with Crippen LogP contribution >= 0.6 is 15.9 Å². The second-order valence-corrected chi connectivity index (χ2v) is 5.63. The van der Waals surface area contributed by atoms with Crippen molar-refractivity contribution in [1.82, 2.24) is 4.90 Å². The van der Waals surface area contributed by atoms with Crippen LogP contribution in [0.4, 0.5) is 0 Å². The van der Waals surface area contributed by atoms with E-state index in [0.29, 0.717) is 19.4 Å². The molecule has 0 aromatic heterocycles. The topological polar surface area (TPSA) is 57.6 Å². The highest BCUT2D eigenvalue weighted by atomic mass is 79.9. The van der Waals surface area contributed by atoms with E-state index in [1.165, 1.54) is 4.90 Å². The number of carboxylic acids is 1. The van der Waals surface area contributed by atoms with Gasteiger partial charge in [0.15, 0.2) is 0 Å². The Kier molecular flexibility index (Phi) is 4.13. The zero-order chi connectivity index (χ0) is 11.6. The molecule has 1 heterocycles. The van der Waals surface area contributed by atoms with Crippen molar-refractivity contribution in [1.29, 1.82) is 0 Å². The molecule has 1 saturated heterocycles. The van der Waals surface area contributed by atoms with Crippen molar-refractivity contribution < 1.29 is 14.7 Å². The predicted molar refractivity (Wildman–Crippen MR) is 59.9 cm³/mol. The van der Waals surface area contributed by atoms with Crippen LogP contribution in [0.1, 0.15) is 26.7 Å². The number of likely N-dealkylation sites (tertiary alicyclic amines) is 1. The summed E-state index contributed by atoms with van der Waals surface area (Å²) in [7, 11) is 0. The van der Waals surface area contributed by atoms with Gasteiger partial charge < -0.3 is 10.0 Å². The first-order valence-corrected chi connectivity index (χ1v) is 5.99. The fourth-order valence-electron chi connectivity index (χ4n) is 1.80. The standard InChI is InChI=1S/C10H16BrNO3/c1-6(2)3-8(10(14)15)12-5-7(11)4-9(12)13/h6-8H,3-5H2,1-2H3,(H,14,15)/t7?,8-/m0/s1. The van der Waals surface area contributed by atoms with Gasteiger partial charge in [-0.2, -0.15) is 0 Å². The predicted octanol–water partition coefficient (Wildman–Crippen LogP) is 1.48. The van der Waals surface area contributed by atoms with E-state index in [4.69, 9.17) is 5.11 Å². The van der Waals surface area contributed by atoms with Crippen LogP contribution < -0.4 is 0 Å². The number of hydrogen-bond acceptors (Lipinski definition) is 2. The molecule has 0 aromatic carbocycles.